The number of carbonyl (C=O) groups excluding carboxylic acids is 3. The number of urea groups is 1. The van der Waals surface area contributed by atoms with E-state index < -0.39 is 17.5 Å². The van der Waals surface area contributed by atoms with Gasteiger partial charge in [-0.3, -0.25) is 14.5 Å². The summed E-state index contributed by atoms with van der Waals surface area (Å²) in [6.45, 7) is 3.39. The molecule has 0 aromatic heterocycles. The van der Waals surface area contributed by atoms with Crippen LogP contribution in [-0.2, 0) is 15.1 Å². The van der Waals surface area contributed by atoms with Crippen LogP contribution in [-0.4, -0.2) is 29.3 Å². The first-order valence-corrected chi connectivity index (χ1v) is 9.02. The molecule has 1 fully saturated rings. The molecular formula is C21H23N3O3. The first-order chi connectivity index (χ1) is 13.0. The minimum atomic E-state index is -1.12. The molecule has 6 heteroatoms. The van der Waals surface area contributed by atoms with Gasteiger partial charge in [0.05, 0.1) is 6.04 Å². The highest BCUT2D eigenvalue weighted by atomic mass is 16.2. The van der Waals surface area contributed by atoms with Crippen LogP contribution >= 0.6 is 0 Å². The molecule has 140 valence electrons. The maximum absolute atomic E-state index is 13.0. The highest BCUT2D eigenvalue weighted by Gasteiger charge is 2.51. The fraction of sp³-hybridized carbons (Fsp3) is 0.286. The molecule has 2 atom stereocenters. The van der Waals surface area contributed by atoms with Crippen molar-refractivity contribution < 1.29 is 14.4 Å². The largest absolute Gasteiger partial charge is 0.348 e. The highest BCUT2D eigenvalue weighted by Crippen LogP contribution is 2.32. The van der Waals surface area contributed by atoms with Gasteiger partial charge in [-0.1, -0.05) is 67.6 Å². The van der Waals surface area contributed by atoms with E-state index in [1.165, 1.54) is 0 Å². The second-order valence-electron chi connectivity index (χ2n) is 6.65. The van der Waals surface area contributed by atoms with Crippen LogP contribution in [0.5, 0.6) is 0 Å². The summed E-state index contributed by atoms with van der Waals surface area (Å²) in [4.78, 5) is 38.9. The van der Waals surface area contributed by atoms with Crippen LogP contribution < -0.4 is 10.6 Å². The van der Waals surface area contributed by atoms with E-state index in [4.69, 9.17) is 0 Å². The Bertz CT molecular complexity index is 838. The van der Waals surface area contributed by atoms with Crippen molar-refractivity contribution >= 4 is 17.8 Å². The van der Waals surface area contributed by atoms with Crippen LogP contribution in [0.2, 0.25) is 0 Å². The number of amides is 4. The summed E-state index contributed by atoms with van der Waals surface area (Å²) in [6.07, 6.45) is 0.403. The first kappa shape index (κ1) is 18.6. The van der Waals surface area contributed by atoms with Crippen molar-refractivity contribution in [2.75, 3.05) is 6.54 Å². The molecule has 0 bridgehead atoms. The van der Waals surface area contributed by atoms with Crippen molar-refractivity contribution in [2.45, 2.75) is 31.8 Å². The lowest BCUT2D eigenvalue weighted by Gasteiger charge is -2.25. The number of rotatable bonds is 6. The Morgan fingerprint density at radius 1 is 1.07 bits per heavy atom. The van der Waals surface area contributed by atoms with Gasteiger partial charge in [-0.15, -0.1) is 0 Å². The number of nitrogens with zero attached hydrogens (tertiary/aromatic N) is 1. The van der Waals surface area contributed by atoms with Gasteiger partial charge < -0.3 is 10.6 Å². The summed E-state index contributed by atoms with van der Waals surface area (Å²) in [5.74, 6) is -0.779. The van der Waals surface area contributed by atoms with E-state index in [9.17, 15) is 14.4 Å². The van der Waals surface area contributed by atoms with Gasteiger partial charge in [0.25, 0.3) is 5.91 Å². The van der Waals surface area contributed by atoms with Gasteiger partial charge in [-0.05, 0) is 24.5 Å². The van der Waals surface area contributed by atoms with Gasteiger partial charge in [-0.2, -0.15) is 0 Å². The van der Waals surface area contributed by atoms with Crippen LogP contribution in [0.25, 0.3) is 0 Å². The quantitative estimate of drug-likeness (QED) is 0.773. The molecule has 0 aliphatic carbocycles. The molecule has 0 spiro atoms. The summed E-state index contributed by atoms with van der Waals surface area (Å²) < 4.78 is 0. The van der Waals surface area contributed by atoms with Gasteiger partial charge in [0.15, 0.2) is 0 Å². The van der Waals surface area contributed by atoms with Crippen LogP contribution in [0.1, 0.15) is 37.4 Å². The Labute approximate surface area is 158 Å². The molecule has 4 amide bonds. The summed E-state index contributed by atoms with van der Waals surface area (Å²) in [7, 11) is 0. The van der Waals surface area contributed by atoms with Crippen LogP contribution in [0.15, 0.2) is 60.7 Å². The van der Waals surface area contributed by atoms with E-state index in [1.54, 1.807) is 0 Å². The van der Waals surface area contributed by atoms with Gasteiger partial charge in [0.1, 0.15) is 12.1 Å². The topological polar surface area (TPSA) is 78.5 Å². The molecule has 2 aromatic carbocycles. The Morgan fingerprint density at radius 2 is 1.67 bits per heavy atom. The zero-order valence-electron chi connectivity index (χ0n) is 15.4. The zero-order valence-corrected chi connectivity index (χ0v) is 15.4. The number of benzene rings is 2. The molecule has 1 heterocycles. The van der Waals surface area contributed by atoms with Crippen molar-refractivity contribution in [3.8, 4) is 0 Å². The van der Waals surface area contributed by atoms with Crippen LogP contribution in [0.4, 0.5) is 4.79 Å². The lowest BCUT2D eigenvalue weighted by atomic mass is 9.87. The summed E-state index contributed by atoms with van der Waals surface area (Å²) >= 11 is 0. The Hall–Kier alpha value is -3.15. The van der Waals surface area contributed by atoms with Crippen molar-refractivity contribution in [3.05, 3.63) is 71.8 Å². The van der Waals surface area contributed by atoms with E-state index >= 15 is 0 Å². The predicted molar refractivity (Wildman–Crippen MR) is 102 cm³/mol. The molecule has 1 aliphatic heterocycles. The number of carbonyl (C=O) groups is 3. The Morgan fingerprint density at radius 3 is 2.26 bits per heavy atom. The standard InChI is InChI=1S/C21H23N3O3/c1-3-21(17-12-8-5-9-13-17)19(26)24(20(27)23-21)14-18(25)22-15(2)16-10-6-4-7-11-16/h4-13,15H,3,14H2,1-2H3,(H,22,25)(H,23,27)/t15-,21+/m0/s1. The van der Waals surface area contributed by atoms with E-state index in [0.29, 0.717) is 12.0 Å². The van der Waals surface area contributed by atoms with Crippen LogP contribution in [0, 0.1) is 0 Å². The molecule has 27 heavy (non-hydrogen) atoms. The number of imide groups is 1. The molecular weight excluding hydrogens is 342 g/mol. The van der Waals surface area contributed by atoms with Crippen molar-refractivity contribution in [1.29, 1.82) is 0 Å². The average Bonchev–Trinajstić information content (AvgIpc) is 2.94. The SMILES string of the molecule is CC[C@]1(c2ccccc2)NC(=O)N(CC(=O)N[C@@H](C)c2ccccc2)C1=O. The summed E-state index contributed by atoms with van der Waals surface area (Å²) in [5.41, 5.74) is 0.547. The van der Waals surface area contributed by atoms with Crippen molar-refractivity contribution in [3.63, 3.8) is 0 Å². The molecule has 0 unspecified atom stereocenters. The third kappa shape index (κ3) is 3.56. The van der Waals surface area contributed by atoms with E-state index in [2.05, 4.69) is 10.6 Å². The van der Waals surface area contributed by atoms with Gasteiger partial charge in [0.2, 0.25) is 5.91 Å². The Balaban J connectivity index is 1.73. The van der Waals surface area contributed by atoms with Crippen molar-refractivity contribution in [1.82, 2.24) is 15.5 Å². The molecule has 1 saturated heterocycles. The minimum absolute atomic E-state index is 0.218. The van der Waals surface area contributed by atoms with E-state index in [0.717, 1.165) is 10.5 Å². The summed E-state index contributed by atoms with van der Waals surface area (Å²) in [5, 5.41) is 5.62. The number of nitrogens with one attached hydrogen (secondary N) is 2. The number of hydrogen-bond acceptors (Lipinski definition) is 3. The lowest BCUT2D eigenvalue weighted by Crippen LogP contribution is -2.45. The minimum Gasteiger partial charge on any atom is -0.348 e. The van der Waals surface area contributed by atoms with Crippen LogP contribution in [0.3, 0.4) is 0 Å². The molecule has 1 aliphatic rings. The fourth-order valence-corrected chi connectivity index (χ4v) is 3.39. The molecule has 2 aromatic rings. The zero-order chi connectivity index (χ0) is 19.4. The predicted octanol–water partition coefficient (Wildman–Crippen LogP) is 2.72. The third-order valence-corrected chi connectivity index (χ3v) is 4.95. The molecule has 0 radical (unpaired) electrons. The normalized spacial score (nSPS) is 20.3. The van der Waals surface area contributed by atoms with Gasteiger partial charge >= 0.3 is 6.03 Å². The maximum atomic E-state index is 13.0. The summed E-state index contributed by atoms with van der Waals surface area (Å²) in [6, 6.07) is 17.9. The van der Waals surface area contributed by atoms with Crippen molar-refractivity contribution in [2.24, 2.45) is 0 Å². The molecule has 0 saturated carbocycles. The number of hydrogen-bond donors (Lipinski definition) is 2. The van der Waals surface area contributed by atoms with Gasteiger partial charge in [-0.25, -0.2) is 4.79 Å². The third-order valence-electron chi connectivity index (χ3n) is 4.95. The van der Waals surface area contributed by atoms with Gasteiger partial charge in [0, 0.05) is 0 Å². The Kier molecular flexibility index (Phi) is 5.26. The molecule has 6 nitrogen and oxygen atoms in total. The smallest absolute Gasteiger partial charge is 0.325 e. The van der Waals surface area contributed by atoms with E-state index in [-0.39, 0.29) is 18.5 Å². The monoisotopic (exact) mass is 365 g/mol. The molecule has 3 rings (SSSR count). The highest BCUT2D eigenvalue weighted by molar-refractivity contribution is 6.09. The molecule has 2 N–H and O–H groups in total. The second kappa shape index (κ2) is 7.61. The van der Waals surface area contributed by atoms with E-state index in [1.807, 2.05) is 74.5 Å². The second-order valence-corrected chi connectivity index (χ2v) is 6.65. The fourth-order valence-electron chi connectivity index (χ4n) is 3.39. The lowest BCUT2D eigenvalue weighted by molar-refractivity contribution is -0.135. The first-order valence-electron chi connectivity index (χ1n) is 9.02. The maximum Gasteiger partial charge on any atom is 0.325 e. The average molecular weight is 365 g/mol.